The van der Waals surface area contributed by atoms with Crippen molar-refractivity contribution < 1.29 is 4.74 Å². The molecule has 1 aliphatic rings. The van der Waals surface area contributed by atoms with Crippen LogP contribution in [0.25, 0.3) is 0 Å². The van der Waals surface area contributed by atoms with Gasteiger partial charge in [-0.2, -0.15) is 0 Å². The van der Waals surface area contributed by atoms with E-state index >= 15 is 0 Å². The van der Waals surface area contributed by atoms with Crippen molar-refractivity contribution >= 4 is 0 Å². The van der Waals surface area contributed by atoms with Gasteiger partial charge in [0.05, 0.1) is 0 Å². The van der Waals surface area contributed by atoms with Gasteiger partial charge in [0.2, 0.25) is 0 Å². The molecule has 0 amide bonds. The molecule has 0 radical (unpaired) electrons. The molecule has 78 valence electrons. The van der Waals surface area contributed by atoms with Gasteiger partial charge in [-0.1, -0.05) is 0 Å². The summed E-state index contributed by atoms with van der Waals surface area (Å²) in [7, 11) is 3.68. The van der Waals surface area contributed by atoms with Gasteiger partial charge in [0.1, 0.15) is 11.9 Å². The second kappa shape index (κ2) is 4.11. The van der Waals surface area contributed by atoms with Crippen LogP contribution in [0.15, 0.2) is 6.20 Å². The molecule has 0 bridgehead atoms. The number of methoxy groups -OCH3 is 1. The van der Waals surface area contributed by atoms with Crippen LogP contribution >= 0.6 is 0 Å². The van der Waals surface area contributed by atoms with Gasteiger partial charge < -0.3 is 15.0 Å². The van der Waals surface area contributed by atoms with Crippen molar-refractivity contribution in [2.75, 3.05) is 14.2 Å². The first-order valence-corrected chi connectivity index (χ1v) is 5.06. The van der Waals surface area contributed by atoms with E-state index in [4.69, 9.17) is 4.74 Å². The molecule has 1 aliphatic carbocycles. The summed E-state index contributed by atoms with van der Waals surface area (Å²) in [5.41, 5.74) is 1.12. The van der Waals surface area contributed by atoms with E-state index in [9.17, 15) is 0 Å². The van der Waals surface area contributed by atoms with Gasteiger partial charge in [0.15, 0.2) is 0 Å². The summed E-state index contributed by atoms with van der Waals surface area (Å²) in [5.74, 6) is 1.65. The SMILES string of the molecule is CNCc1cnc(C(OC)C2CC2)[nH]1. The van der Waals surface area contributed by atoms with Crippen molar-refractivity contribution in [3.63, 3.8) is 0 Å². The van der Waals surface area contributed by atoms with E-state index < -0.39 is 0 Å². The Morgan fingerprint density at radius 2 is 2.50 bits per heavy atom. The average molecular weight is 195 g/mol. The smallest absolute Gasteiger partial charge is 0.135 e. The zero-order chi connectivity index (χ0) is 9.97. The highest BCUT2D eigenvalue weighted by atomic mass is 16.5. The summed E-state index contributed by atoms with van der Waals surface area (Å²) in [6.45, 7) is 0.827. The van der Waals surface area contributed by atoms with Crippen LogP contribution in [-0.2, 0) is 11.3 Å². The Morgan fingerprint density at radius 3 is 3.07 bits per heavy atom. The van der Waals surface area contributed by atoms with E-state index in [1.54, 1.807) is 7.11 Å². The Hall–Kier alpha value is -0.870. The molecule has 14 heavy (non-hydrogen) atoms. The van der Waals surface area contributed by atoms with Crippen LogP contribution in [0.2, 0.25) is 0 Å². The molecule has 0 saturated heterocycles. The predicted octanol–water partition coefficient (Wildman–Crippen LogP) is 1.23. The lowest BCUT2D eigenvalue weighted by Crippen LogP contribution is -2.08. The summed E-state index contributed by atoms with van der Waals surface area (Å²) < 4.78 is 5.44. The second-order valence-electron chi connectivity index (χ2n) is 3.82. The van der Waals surface area contributed by atoms with Crippen LogP contribution in [0.4, 0.5) is 0 Å². The summed E-state index contributed by atoms with van der Waals surface area (Å²) in [5, 5.41) is 3.09. The molecule has 0 aromatic carbocycles. The number of nitrogens with one attached hydrogen (secondary N) is 2. The van der Waals surface area contributed by atoms with Crippen molar-refractivity contribution in [3.8, 4) is 0 Å². The lowest BCUT2D eigenvalue weighted by Gasteiger charge is -2.10. The molecule has 2 rings (SSSR count). The van der Waals surface area contributed by atoms with Crippen LogP contribution in [0, 0.1) is 5.92 Å². The van der Waals surface area contributed by atoms with Gasteiger partial charge >= 0.3 is 0 Å². The molecule has 1 aromatic rings. The van der Waals surface area contributed by atoms with E-state index in [-0.39, 0.29) is 6.10 Å². The quantitative estimate of drug-likeness (QED) is 0.743. The Kier molecular flexibility index (Phi) is 2.84. The van der Waals surface area contributed by atoms with Crippen molar-refractivity contribution in [2.24, 2.45) is 5.92 Å². The number of ether oxygens (including phenoxy) is 1. The highest BCUT2D eigenvalue weighted by Gasteiger charge is 2.34. The first-order valence-electron chi connectivity index (χ1n) is 5.06. The van der Waals surface area contributed by atoms with Gasteiger partial charge in [0, 0.05) is 25.5 Å². The largest absolute Gasteiger partial charge is 0.373 e. The third kappa shape index (κ3) is 1.96. The second-order valence-corrected chi connectivity index (χ2v) is 3.82. The fourth-order valence-corrected chi connectivity index (χ4v) is 1.73. The summed E-state index contributed by atoms with van der Waals surface area (Å²) in [6.07, 6.45) is 4.57. The van der Waals surface area contributed by atoms with Crippen LogP contribution in [0.3, 0.4) is 0 Å². The van der Waals surface area contributed by atoms with E-state index in [2.05, 4.69) is 15.3 Å². The molecular weight excluding hydrogens is 178 g/mol. The maximum absolute atomic E-state index is 5.44. The minimum Gasteiger partial charge on any atom is -0.373 e. The van der Waals surface area contributed by atoms with Gasteiger partial charge in [-0.3, -0.25) is 0 Å². The number of aromatic amines is 1. The van der Waals surface area contributed by atoms with Crippen molar-refractivity contribution in [2.45, 2.75) is 25.5 Å². The number of hydrogen-bond acceptors (Lipinski definition) is 3. The predicted molar refractivity (Wildman–Crippen MR) is 53.8 cm³/mol. The normalized spacial score (nSPS) is 18.4. The van der Waals surface area contributed by atoms with E-state index in [0.29, 0.717) is 5.92 Å². The molecule has 0 spiro atoms. The van der Waals surface area contributed by atoms with Crippen molar-refractivity contribution in [3.05, 3.63) is 17.7 Å². The molecule has 4 heteroatoms. The Labute approximate surface area is 84.1 Å². The third-order valence-electron chi connectivity index (χ3n) is 2.59. The fourth-order valence-electron chi connectivity index (χ4n) is 1.73. The molecule has 4 nitrogen and oxygen atoms in total. The highest BCUT2D eigenvalue weighted by molar-refractivity contribution is 5.06. The van der Waals surface area contributed by atoms with E-state index in [1.165, 1.54) is 12.8 Å². The van der Waals surface area contributed by atoms with Crippen LogP contribution in [-0.4, -0.2) is 24.1 Å². The Morgan fingerprint density at radius 1 is 1.71 bits per heavy atom. The maximum Gasteiger partial charge on any atom is 0.135 e. The fraction of sp³-hybridized carbons (Fsp3) is 0.700. The molecule has 1 saturated carbocycles. The lowest BCUT2D eigenvalue weighted by atomic mass is 10.2. The molecule has 1 fully saturated rings. The van der Waals surface area contributed by atoms with Gasteiger partial charge in [-0.05, 0) is 25.8 Å². The number of imidazole rings is 1. The zero-order valence-electron chi connectivity index (χ0n) is 8.71. The van der Waals surface area contributed by atoms with Crippen molar-refractivity contribution in [1.82, 2.24) is 15.3 Å². The Balaban J connectivity index is 2.05. The monoisotopic (exact) mass is 195 g/mol. The highest BCUT2D eigenvalue weighted by Crippen LogP contribution is 2.41. The number of rotatable bonds is 5. The summed E-state index contributed by atoms with van der Waals surface area (Å²) >= 11 is 0. The maximum atomic E-state index is 5.44. The number of aromatic nitrogens is 2. The van der Waals surface area contributed by atoms with E-state index in [0.717, 1.165) is 18.1 Å². The van der Waals surface area contributed by atoms with Crippen molar-refractivity contribution in [1.29, 1.82) is 0 Å². The first-order chi connectivity index (χ1) is 6.85. The first kappa shape index (κ1) is 9.68. The molecular formula is C10H17N3O. The van der Waals surface area contributed by atoms with Crippen LogP contribution in [0.1, 0.15) is 30.5 Å². The van der Waals surface area contributed by atoms with Gasteiger partial charge in [-0.25, -0.2) is 4.98 Å². The minimum atomic E-state index is 0.167. The zero-order valence-corrected chi connectivity index (χ0v) is 8.71. The Bertz CT molecular complexity index is 293. The third-order valence-corrected chi connectivity index (χ3v) is 2.59. The number of hydrogen-bond donors (Lipinski definition) is 2. The standard InChI is InChI=1S/C10H17N3O/c1-11-5-8-6-12-10(13-8)9(14-2)7-3-4-7/h6-7,9,11H,3-5H2,1-2H3,(H,12,13). The van der Waals surface area contributed by atoms with E-state index in [1.807, 2.05) is 13.2 Å². The molecule has 0 aliphatic heterocycles. The van der Waals surface area contributed by atoms with Crippen LogP contribution < -0.4 is 5.32 Å². The molecule has 1 heterocycles. The molecule has 1 aromatic heterocycles. The minimum absolute atomic E-state index is 0.167. The average Bonchev–Trinajstić information content (AvgIpc) is 2.90. The topological polar surface area (TPSA) is 49.9 Å². The van der Waals surface area contributed by atoms with Gasteiger partial charge in [-0.15, -0.1) is 0 Å². The molecule has 2 N–H and O–H groups in total. The summed E-state index contributed by atoms with van der Waals surface area (Å²) in [4.78, 5) is 7.63. The molecule has 1 unspecified atom stereocenters. The summed E-state index contributed by atoms with van der Waals surface area (Å²) in [6, 6.07) is 0. The lowest BCUT2D eigenvalue weighted by molar-refractivity contribution is 0.0778. The van der Waals surface area contributed by atoms with Gasteiger partial charge in [0.25, 0.3) is 0 Å². The number of H-pyrrole nitrogens is 1. The number of nitrogens with zero attached hydrogens (tertiary/aromatic N) is 1. The van der Waals surface area contributed by atoms with Crippen LogP contribution in [0.5, 0.6) is 0 Å². The molecule has 1 atom stereocenters.